The van der Waals surface area contributed by atoms with E-state index >= 15 is 0 Å². The van der Waals surface area contributed by atoms with Gasteiger partial charge in [-0.25, -0.2) is 9.97 Å². The normalized spacial score (nSPS) is 11.4. The van der Waals surface area contributed by atoms with Crippen LogP contribution in [0.5, 0.6) is 0 Å². The second-order valence-electron chi connectivity index (χ2n) is 3.75. The summed E-state index contributed by atoms with van der Waals surface area (Å²) in [4.78, 5) is 7.74. The molecule has 1 aromatic carbocycles. The SMILES string of the molecule is FC(F)(F)c1cc(NCc2ccncn2)ccc1Br. The van der Waals surface area contributed by atoms with Gasteiger partial charge in [-0.1, -0.05) is 15.9 Å². The number of nitrogens with zero attached hydrogens (tertiary/aromatic N) is 2. The predicted octanol–water partition coefficient (Wildman–Crippen LogP) is 3.87. The molecule has 2 aromatic rings. The third kappa shape index (κ3) is 3.66. The average molecular weight is 332 g/mol. The fourth-order valence-corrected chi connectivity index (χ4v) is 1.94. The zero-order valence-corrected chi connectivity index (χ0v) is 11.2. The summed E-state index contributed by atoms with van der Waals surface area (Å²) in [5.74, 6) is 0. The van der Waals surface area contributed by atoms with Gasteiger partial charge in [-0.3, -0.25) is 0 Å². The smallest absolute Gasteiger partial charge is 0.379 e. The van der Waals surface area contributed by atoms with E-state index in [0.717, 1.165) is 6.07 Å². The Hall–Kier alpha value is -1.63. The number of hydrogen-bond acceptors (Lipinski definition) is 3. The van der Waals surface area contributed by atoms with Crippen LogP contribution in [0, 0.1) is 0 Å². The Labute approximate surface area is 116 Å². The Morgan fingerprint density at radius 1 is 1.21 bits per heavy atom. The van der Waals surface area contributed by atoms with Gasteiger partial charge in [0, 0.05) is 16.4 Å². The summed E-state index contributed by atoms with van der Waals surface area (Å²) in [6.07, 6.45) is -1.42. The van der Waals surface area contributed by atoms with E-state index < -0.39 is 11.7 Å². The summed E-state index contributed by atoms with van der Waals surface area (Å²) in [5, 5.41) is 2.89. The van der Waals surface area contributed by atoms with E-state index in [9.17, 15) is 13.2 Å². The van der Waals surface area contributed by atoms with Crippen LogP contribution in [-0.4, -0.2) is 9.97 Å². The molecule has 0 fully saturated rings. The summed E-state index contributed by atoms with van der Waals surface area (Å²) in [7, 11) is 0. The summed E-state index contributed by atoms with van der Waals surface area (Å²) in [5.41, 5.74) is 0.376. The second-order valence-corrected chi connectivity index (χ2v) is 4.60. The monoisotopic (exact) mass is 331 g/mol. The average Bonchev–Trinajstić information content (AvgIpc) is 2.37. The molecular weight excluding hydrogens is 323 g/mol. The third-order valence-electron chi connectivity index (χ3n) is 2.39. The summed E-state index contributed by atoms with van der Waals surface area (Å²) >= 11 is 2.89. The molecular formula is C12H9BrF3N3. The van der Waals surface area contributed by atoms with E-state index in [2.05, 4.69) is 31.2 Å². The maximum Gasteiger partial charge on any atom is 0.417 e. The first-order valence-electron chi connectivity index (χ1n) is 5.32. The lowest BCUT2D eigenvalue weighted by Crippen LogP contribution is -2.08. The molecule has 0 bridgehead atoms. The van der Waals surface area contributed by atoms with Crippen molar-refractivity contribution in [1.82, 2.24) is 9.97 Å². The highest BCUT2D eigenvalue weighted by molar-refractivity contribution is 9.10. The predicted molar refractivity (Wildman–Crippen MR) is 68.5 cm³/mol. The van der Waals surface area contributed by atoms with E-state index in [4.69, 9.17) is 0 Å². The largest absolute Gasteiger partial charge is 0.417 e. The van der Waals surface area contributed by atoms with Gasteiger partial charge in [0.05, 0.1) is 17.8 Å². The minimum Gasteiger partial charge on any atom is -0.379 e. The molecule has 3 nitrogen and oxygen atoms in total. The van der Waals surface area contributed by atoms with Gasteiger partial charge >= 0.3 is 6.18 Å². The molecule has 100 valence electrons. The molecule has 19 heavy (non-hydrogen) atoms. The number of benzene rings is 1. The van der Waals surface area contributed by atoms with Gasteiger partial charge in [-0.15, -0.1) is 0 Å². The van der Waals surface area contributed by atoms with Crippen molar-refractivity contribution in [1.29, 1.82) is 0 Å². The minimum absolute atomic E-state index is 0.0209. The maximum absolute atomic E-state index is 12.7. The standard InChI is InChI=1S/C12H9BrF3N3/c13-11-2-1-8(5-10(11)12(14,15)16)18-6-9-3-4-17-7-19-9/h1-5,7,18H,6H2. The van der Waals surface area contributed by atoms with Crippen LogP contribution in [-0.2, 0) is 12.7 Å². The van der Waals surface area contributed by atoms with E-state index in [1.54, 1.807) is 18.3 Å². The van der Waals surface area contributed by atoms with Crippen molar-refractivity contribution in [2.24, 2.45) is 0 Å². The van der Waals surface area contributed by atoms with E-state index in [1.807, 2.05) is 0 Å². The molecule has 1 aromatic heterocycles. The summed E-state index contributed by atoms with van der Waals surface area (Å²) in [6.45, 7) is 0.335. The van der Waals surface area contributed by atoms with Crippen LogP contribution in [0.25, 0.3) is 0 Å². The first-order chi connectivity index (χ1) is 8.97. The zero-order chi connectivity index (χ0) is 13.9. The Kier molecular flexibility index (Phi) is 4.04. The van der Waals surface area contributed by atoms with Crippen LogP contribution in [0.15, 0.2) is 41.3 Å². The van der Waals surface area contributed by atoms with Crippen LogP contribution < -0.4 is 5.32 Å². The molecule has 0 aliphatic rings. The Bertz CT molecular complexity index is 558. The van der Waals surface area contributed by atoms with Gasteiger partial charge in [0.1, 0.15) is 6.33 Å². The van der Waals surface area contributed by atoms with Crippen molar-refractivity contribution < 1.29 is 13.2 Å². The van der Waals surface area contributed by atoms with Gasteiger partial charge in [-0.2, -0.15) is 13.2 Å². The molecule has 2 rings (SSSR count). The number of halogens is 4. The van der Waals surface area contributed by atoms with Crippen molar-refractivity contribution in [2.75, 3.05) is 5.32 Å². The molecule has 1 N–H and O–H groups in total. The molecule has 0 aliphatic heterocycles. The van der Waals surface area contributed by atoms with Gasteiger partial charge < -0.3 is 5.32 Å². The molecule has 7 heteroatoms. The van der Waals surface area contributed by atoms with Gasteiger partial charge in [-0.05, 0) is 24.3 Å². The van der Waals surface area contributed by atoms with Gasteiger partial charge in [0.25, 0.3) is 0 Å². The quantitative estimate of drug-likeness (QED) is 0.927. The van der Waals surface area contributed by atoms with E-state index in [-0.39, 0.29) is 4.47 Å². The van der Waals surface area contributed by atoms with Gasteiger partial charge in [0.2, 0.25) is 0 Å². The van der Waals surface area contributed by atoms with Crippen molar-refractivity contribution >= 4 is 21.6 Å². The van der Waals surface area contributed by atoms with Crippen LogP contribution in [0.3, 0.4) is 0 Å². The Balaban J connectivity index is 2.14. The number of hydrogen-bond donors (Lipinski definition) is 1. The fraction of sp³-hybridized carbons (Fsp3) is 0.167. The Morgan fingerprint density at radius 2 is 2.00 bits per heavy atom. The first-order valence-corrected chi connectivity index (χ1v) is 6.11. The van der Waals surface area contributed by atoms with Crippen LogP contribution in [0.2, 0.25) is 0 Å². The van der Waals surface area contributed by atoms with E-state index in [1.165, 1.54) is 12.4 Å². The molecule has 0 radical (unpaired) electrons. The molecule has 0 spiro atoms. The molecule has 0 unspecified atom stereocenters. The third-order valence-corrected chi connectivity index (χ3v) is 3.08. The van der Waals surface area contributed by atoms with Crippen molar-refractivity contribution in [2.45, 2.75) is 12.7 Å². The minimum atomic E-state index is -4.38. The lowest BCUT2D eigenvalue weighted by atomic mass is 10.2. The topological polar surface area (TPSA) is 37.8 Å². The summed E-state index contributed by atoms with van der Waals surface area (Å²) < 4.78 is 38.2. The number of anilines is 1. The second kappa shape index (κ2) is 5.56. The van der Waals surface area contributed by atoms with E-state index in [0.29, 0.717) is 17.9 Å². The van der Waals surface area contributed by atoms with Crippen LogP contribution in [0.1, 0.15) is 11.3 Å². The molecule has 0 saturated carbocycles. The highest BCUT2D eigenvalue weighted by Gasteiger charge is 2.33. The maximum atomic E-state index is 12.7. The molecule has 0 saturated heterocycles. The number of aromatic nitrogens is 2. The summed E-state index contributed by atoms with van der Waals surface area (Å²) in [6, 6.07) is 5.69. The van der Waals surface area contributed by atoms with Crippen molar-refractivity contribution in [3.8, 4) is 0 Å². The van der Waals surface area contributed by atoms with Crippen molar-refractivity contribution in [3.05, 3.63) is 52.5 Å². The Morgan fingerprint density at radius 3 is 2.63 bits per heavy atom. The van der Waals surface area contributed by atoms with Crippen molar-refractivity contribution in [3.63, 3.8) is 0 Å². The first kappa shape index (κ1) is 13.8. The number of rotatable bonds is 3. The van der Waals surface area contributed by atoms with Crippen LogP contribution >= 0.6 is 15.9 Å². The molecule has 0 amide bonds. The van der Waals surface area contributed by atoms with Gasteiger partial charge in [0.15, 0.2) is 0 Å². The molecule has 0 aliphatic carbocycles. The highest BCUT2D eigenvalue weighted by Crippen LogP contribution is 2.36. The van der Waals surface area contributed by atoms with Crippen LogP contribution in [0.4, 0.5) is 18.9 Å². The highest BCUT2D eigenvalue weighted by atomic mass is 79.9. The zero-order valence-electron chi connectivity index (χ0n) is 9.58. The number of nitrogens with one attached hydrogen (secondary N) is 1. The number of alkyl halides is 3. The lowest BCUT2D eigenvalue weighted by molar-refractivity contribution is -0.138. The lowest BCUT2D eigenvalue weighted by Gasteiger charge is -2.12. The molecule has 0 atom stereocenters. The fourth-order valence-electron chi connectivity index (χ4n) is 1.47. The molecule has 1 heterocycles.